The standard InChI is InChI=1S/C16H14BrFN2/c1-20(10-12-2-4-15(17)5-3-12)11-14-6-13(9-19)7-16(18)8-14/h2-8H,10-11H2,1H3. The summed E-state index contributed by atoms with van der Waals surface area (Å²) in [6.07, 6.45) is 0. The molecule has 2 aromatic rings. The predicted molar refractivity (Wildman–Crippen MR) is 80.4 cm³/mol. The number of halogens is 2. The maximum atomic E-state index is 13.4. The average molecular weight is 333 g/mol. The molecule has 0 heterocycles. The summed E-state index contributed by atoms with van der Waals surface area (Å²) in [4.78, 5) is 2.08. The molecule has 20 heavy (non-hydrogen) atoms. The highest BCUT2D eigenvalue weighted by atomic mass is 79.9. The molecule has 0 bridgehead atoms. The zero-order valence-corrected chi connectivity index (χ0v) is 12.7. The molecule has 0 saturated carbocycles. The fourth-order valence-corrected chi connectivity index (χ4v) is 2.34. The lowest BCUT2D eigenvalue weighted by molar-refractivity contribution is 0.318. The second-order valence-electron chi connectivity index (χ2n) is 4.76. The van der Waals surface area contributed by atoms with Crippen LogP contribution < -0.4 is 0 Å². The summed E-state index contributed by atoms with van der Waals surface area (Å²) in [5, 5.41) is 8.85. The number of nitrogens with zero attached hydrogens (tertiary/aromatic N) is 2. The maximum Gasteiger partial charge on any atom is 0.124 e. The molecular weight excluding hydrogens is 319 g/mol. The van der Waals surface area contributed by atoms with Crippen LogP contribution in [-0.2, 0) is 13.1 Å². The van der Waals surface area contributed by atoms with Crippen molar-refractivity contribution in [1.82, 2.24) is 4.90 Å². The van der Waals surface area contributed by atoms with Crippen molar-refractivity contribution in [1.29, 1.82) is 5.26 Å². The highest BCUT2D eigenvalue weighted by molar-refractivity contribution is 9.10. The van der Waals surface area contributed by atoms with Gasteiger partial charge < -0.3 is 0 Å². The van der Waals surface area contributed by atoms with Gasteiger partial charge in [0.1, 0.15) is 5.82 Å². The summed E-state index contributed by atoms with van der Waals surface area (Å²) < 4.78 is 14.4. The van der Waals surface area contributed by atoms with E-state index in [0.29, 0.717) is 12.1 Å². The lowest BCUT2D eigenvalue weighted by Crippen LogP contribution is -2.17. The van der Waals surface area contributed by atoms with Gasteiger partial charge >= 0.3 is 0 Å². The van der Waals surface area contributed by atoms with Crippen LogP contribution in [-0.4, -0.2) is 11.9 Å². The van der Waals surface area contributed by atoms with E-state index in [0.717, 1.165) is 16.6 Å². The van der Waals surface area contributed by atoms with Gasteiger partial charge in [-0.25, -0.2) is 4.39 Å². The van der Waals surface area contributed by atoms with Gasteiger partial charge in [-0.1, -0.05) is 28.1 Å². The molecule has 102 valence electrons. The Hall–Kier alpha value is -1.70. The quantitative estimate of drug-likeness (QED) is 0.843. The molecule has 0 aliphatic heterocycles. The molecule has 0 N–H and O–H groups in total. The summed E-state index contributed by atoms with van der Waals surface area (Å²) in [7, 11) is 1.97. The molecule has 0 amide bonds. The van der Waals surface area contributed by atoms with Gasteiger partial charge in [-0.15, -0.1) is 0 Å². The Labute approximate surface area is 126 Å². The first kappa shape index (κ1) is 14.7. The number of nitriles is 1. The Balaban J connectivity index is 2.04. The van der Waals surface area contributed by atoms with Crippen molar-refractivity contribution >= 4 is 15.9 Å². The molecule has 0 aliphatic carbocycles. The van der Waals surface area contributed by atoms with Gasteiger partial charge in [0.25, 0.3) is 0 Å². The van der Waals surface area contributed by atoms with Crippen LogP contribution in [0.1, 0.15) is 16.7 Å². The zero-order chi connectivity index (χ0) is 14.5. The fourth-order valence-electron chi connectivity index (χ4n) is 2.08. The van der Waals surface area contributed by atoms with E-state index in [4.69, 9.17) is 5.26 Å². The molecule has 0 fully saturated rings. The van der Waals surface area contributed by atoms with E-state index >= 15 is 0 Å². The summed E-state index contributed by atoms with van der Waals surface area (Å²) >= 11 is 3.40. The molecule has 0 spiro atoms. The lowest BCUT2D eigenvalue weighted by Gasteiger charge is -2.17. The van der Waals surface area contributed by atoms with Gasteiger partial charge in [0.15, 0.2) is 0 Å². The van der Waals surface area contributed by atoms with Gasteiger partial charge in [0.05, 0.1) is 11.6 Å². The Morgan fingerprint density at radius 1 is 1.10 bits per heavy atom. The fraction of sp³-hybridized carbons (Fsp3) is 0.188. The molecule has 0 saturated heterocycles. The van der Waals surface area contributed by atoms with Gasteiger partial charge in [-0.3, -0.25) is 4.90 Å². The first-order chi connectivity index (χ1) is 9.56. The predicted octanol–water partition coefficient (Wildman–Crippen LogP) is 4.09. The van der Waals surface area contributed by atoms with Gasteiger partial charge in [0.2, 0.25) is 0 Å². The van der Waals surface area contributed by atoms with E-state index < -0.39 is 0 Å². The maximum absolute atomic E-state index is 13.4. The highest BCUT2D eigenvalue weighted by Crippen LogP contribution is 2.14. The number of rotatable bonds is 4. The molecule has 4 heteroatoms. The topological polar surface area (TPSA) is 27.0 Å². The summed E-state index contributed by atoms with van der Waals surface area (Å²) in [6.45, 7) is 1.37. The second kappa shape index (κ2) is 6.65. The van der Waals surface area contributed by atoms with Crippen LogP contribution in [0.2, 0.25) is 0 Å². The summed E-state index contributed by atoms with van der Waals surface area (Å²) in [6, 6.07) is 14.5. The van der Waals surface area contributed by atoms with Crippen molar-refractivity contribution < 1.29 is 4.39 Å². The highest BCUT2D eigenvalue weighted by Gasteiger charge is 2.05. The SMILES string of the molecule is CN(Cc1ccc(Br)cc1)Cc1cc(F)cc(C#N)c1. The van der Waals surface area contributed by atoms with Crippen LogP contribution in [0.5, 0.6) is 0 Å². The Morgan fingerprint density at radius 2 is 1.75 bits per heavy atom. The van der Waals surface area contributed by atoms with E-state index in [2.05, 4.69) is 20.8 Å². The first-order valence-corrected chi connectivity index (χ1v) is 6.98. The van der Waals surface area contributed by atoms with Crippen LogP contribution in [0.15, 0.2) is 46.9 Å². The van der Waals surface area contributed by atoms with Crippen LogP contribution in [0, 0.1) is 17.1 Å². The van der Waals surface area contributed by atoms with Crippen molar-refractivity contribution in [2.24, 2.45) is 0 Å². The number of benzene rings is 2. The van der Waals surface area contributed by atoms with Crippen molar-refractivity contribution in [2.45, 2.75) is 13.1 Å². The summed E-state index contributed by atoms with van der Waals surface area (Å²) in [5.41, 5.74) is 2.35. The van der Waals surface area contributed by atoms with Gasteiger partial charge in [-0.05, 0) is 48.5 Å². The molecule has 0 aliphatic rings. The first-order valence-electron chi connectivity index (χ1n) is 6.19. The molecule has 2 aromatic carbocycles. The van der Waals surface area contributed by atoms with Crippen LogP contribution in [0.4, 0.5) is 4.39 Å². The average Bonchev–Trinajstić information content (AvgIpc) is 2.40. The molecule has 2 rings (SSSR count). The third-order valence-electron chi connectivity index (χ3n) is 2.90. The Bertz CT molecular complexity index is 632. The lowest BCUT2D eigenvalue weighted by atomic mass is 10.1. The molecular formula is C16H14BrFN2. The van der Waals surface area contributed by atoms with Crippen molar-refractivity contribution in [2.75, 3.05) is 7.05 Å². The second-order valence-corrected chi connectivity index (χ2v) is 5.67. The Morgan fingerprint density at radius 3 is 2.40 bits per heavy atom. The Kier molecular flexibility index (Phi) is 4.89. The van der Waals surface area contributed by atoms with Gasteiger partial charge in [0, 0.05) is 17.6 Å². The molecule has 2 nitrogen and oxygen atoms in total. The third kappa shape index (κ3) is 4.16. The van der Waals surface area contributed by atoms with E-state index in [1.54, 1.807) is 6.07 Å². The molecule has 0 unspecified atom stereocenters. The minimum Gasteiger partial charge on any atom is -0.298 e. The monoisotopic (exact) mass is 332 g/mol. The minimum atomic E-state index is -0.365. The van der Waals surface area contributed by atoms with Crippen LogP contribution in [0.3, 0.4) is 0 Å². The smallest absolute Gasteiger partial charge is 0.124 e. The van der Waals surface area contributed by atoms with E-state index in [1.807, 2.05) is 37.4 Å². The third-order valence-corrected chi connectivity index (χ3v) is 3.43. The van der Waals surface area contributed by atoms with Gasteiger partial charge in [-0.2, -0.15) is 5.26 Å². The molecule has 0 radical (unpaired) electrons. The van der Waals surface area contributed by atoms with Crippen LogP contribution in [0.25, 0.3) is 0 Å². The molecule has 0 atom stereocenters. The van der Waals surface area contributed by atoms with E-state index in [1.165, 1.54) is 17.7 Å². The van der Waals surface area contributed by atoms with E-state index in [9.17, 15) is 4.39 Å². The van der Waals surface area contributed by atoms with Crippen LogP contribution >= 0.6 is 15.9 Å². The van der Waals surface area contributed by atoms with Crippen molar-refractivity contribution in [3.05, 3.63) is 69.4 Å². The summed E-state index contributed by atoms with van der Waals surface area (Å²) in [5.74, 6) is -0.365. The normalized spacial score (nSPS) is 10.6. The van der Waals surface area contributed by atoms with Crippen molar-refractivity contribution in [3.63, 3.8) is 0 Å². The number of hydrogen-bond donors (Lipinski definition) is 0. The van der Waals surface area contributed by atoms with E-state index in [-0.39, 0.29) is 5.82 Å². The zero-order valence-electron chi connectivity index (χ0n) is 11.1. The van der Waals surface area contributed by atoms with Crippen molar-refractivity contribution in [3.8, 4) is 6.07 Å². The molecule has 0 aromatic heterocycles. The number of hydrogen-bond acceptors (Lipinski definition) is 2. The largest absolute Gasteiger partial charge is 0.298 e. The minimum absolute atomic E-state index is 0.358.